The number of amidine groups is 1. The number of aryl methyl sites for hydroxylation is 1. The number of nitrogens with zero attached hydrogens (tertiary/aromatic N) is 1. The summed E-state index contributed by atoms with van der Waals surface area (Å²) in [5.74, 6) is -0.370. The van der Waals surface area contributed by atoms with E-state index < -0.39 is 5.41 Å². The minimum absolute atomic E-state index is 0.0870. The normalized spacial score (nSPS) is 14.9. The van der Waals surface area contributed by atoms with Gasteiger partial charge in [0.05, 0.1) is 0 Å². The molecule has 0 aliphatic heterocycles. The SMILES string of the molecule is CCC(C)(C(=O)Nc1ccccc1C)/C(N)=N/O. The molecule has 0 bridgehead atoms. The zero-order valence-electron chi connectivity index (χ0n) is 10.9. The van der Waals surface area contributed by atoms with Crippen LogP contribution in [0, 0.1) is 12.3 Å². The minimum atomic E-state index is -1.02. The van der Waals surface area contributed by atoms with Crippen molar-refractivity contribution in [3.63, 3.8) is 0 Å². The molecule has 98 valence electrons. The predicted molar refractivity (Wildman–Crippen MR) is 71.6 cm³/mol. The Hall–Kier alpha value is -2.04. The van der Waals surface area contributed by atoms with Crippen LogP contribution in [0.3, 0.4) is 0 Å². The Morgan fingerprint density at radius 1 is 1.50 bits per heavy atom. The molecule has 0 fully saturated rings. The lowest BCUT2D eigenvalue weighted by atomic mass is 9.85. The van der Waals surface area contributed by atoms with E-state index in [0.717, 1.165) is 11.3 Å². The van der Waals surface area contributed by atoms with Crippen LogP contribution >= 0.6 is 0 Å². The summed E-state index contributed by atoms with van der Waals surface area (Å²) in [5, 5.41) is 14.5. The van der Waals surface area contributed by atoms with Crippen LogP contribution in [-0.2, 0) is 4.79 Å². The maximum Gasteiger partial charge on any atom is 0.238 e. The maximum absolute atomic E-state index is 12.2. The van der Waals surface area contributed by atoms with Gasteiger partial charge >= 0.3 is 0 Å². The number of oxime groups is 1. The topological polar surface area (TPSA) is 87.7 Å². The van der Waals surface area contributed by atoms with Crippen molar-refractivity contribution in [3.05, 3.63) is 29.8 Å². The first kappa shape index (κ1) is 14.0. The second-order valence-corrected chi connectivity index (χ2v) is 4.44. The molecule has 0 aliphatic carbocycles. The Balaban J connectivity index is 2.98. The zero-order valence-corrected chi connectivity index (χ0v) is 10.9. The van der Waals surface area contributed by atoms with Crippen molar-refractivity contribution in [1.29, 1.82) is 0 Å². The summed E-state index contributed by atoms with van der Waals surface area (Å²) < 4.78 is 0. The predicted octanol–water partition coefficient (Wildman–Crippen LogP) is 2.10. The highest BCUT2D eigenvalue weighted by molar-refractivity contribution is 6.11. The molecular formula is C13H19N3O2. The Labute approximate surface area is 107 Å². The van der Waals surface area contributed by atoms with Gasteiger partial charge < -0.3 is 16.3 Å². The van der Waals surface area contributed by atoms with Gasteiger partial charge in [-0.2, -0.15) is 0 Å². The number of anilines is 1. The van der Waals surface area contributed by atoms with Crippen LogP contribution in [0.1, 0.15) is 25.8 Å². The van der Waals surface area contributed by atoms with Crippen molar-refractivity contribution in [3.8, 4) is 0 Å². The molecule has 0 saturated carbocycles. The molecule has 1 aromatic rings. The number of para-hydroxylation sites is 1. The van der Waals surface area contributed by atoms with Crippen LogP contribution in [-0.4, -0.2) is 17.0 Å². The van der Waals surface area contributed by atoms with Crippen LogP contribution in [0.15, 0.2) is 29.4 Å². The summed E-state index contributed by atoms with van der Waals surface area (Å²) in [6.45, 7) is 5.37. The lowest BCUT2D eigenvalue weighted by Crippen LogP contribution is -2.44. The second-order valence-electron chi connectivity index (χ2n) is 4.44. The van der Waals surface area contributed by atoms with Crippen molar-refractivity contribution in [2.24, 2.45) is 16.3 Å². The van der Waals surface area contributed by atoms with E-state index in [1.54, 1.807) is 6.92 Å². The fourth-order valence-electron chi connectivity index (χ4n) is 1.54. The summed E-state index contributed by atoms with van der Waals surface area (Å²) in [6.07, 6.45) is 0.445. The van der Waals surface area contributed by atoms with E-state index in [4.69, 9.17) is 10.9 Å². The molecule has 0 heterocycles. The number of carbonyl (C=O) groups excluding carboxylic acids is 1. The third-order valence-electron chi connectivity index (χ3n) is 3.27. The van der Waals surface area contributed by atoms with E-state index in [9.17, 15) is 4.79 Å². The van der Waals surface area contributed by atoms with Crippen LogP contribution in [0.5, 0.6) is 0 Å². The molecule has 1 aromatic carbocycles. The molecule has 0 aromatic heterocycles. The van der Waals surface area contributed by atoms with E-state index in [2.05, 4.69) is 10.5 Å². The lowest BCUT2D eigenvalue weighted by molar-refractivity contribution is -0.121. The van der Waals surface area contributed by atoms with Gasteiger partial charge in [0.2, 0.25) is 5.91 Å². The van der Waals surface area contributed by atoms with Gasteiger partial charge in [-0.05, 0) is 31.9 Å². The molecule has 1 unspecified atom stereocenters. The van der Waals surface area contributed by atoms with Crippen molar-refractivity contribution >= 4 is 17.4 Å². The quantitative estimate of drug-likeness (QED) is 0.330. The van der Waals surface area contributed by atoms with Crippen LogP contribution in [0.4, 0.5) is 5.69 Å². The number of nitrogens with two attached hydrogens (primary N) is 1. The standard InChI is InChI=1S/C13H19N3O2/c1-4-13(3,11(14)16-18)12(17)15-10-8-6-5-7-9(10)2/h5-8,18H,4H2,1-3H3,(H2,14,16)(H,15,17). The van der Waals surface area contributed by atoms with Gasteiger partial charge in [-0.15, -0.1) is 0 Å². The number of carbonyl (C=O) groups is 1. The first-order chi connectivity index (χ1) is 8.45. The lowest BCUT2D eigenvalue weighted by Gasteiger charge is -2.25. The molecule has 4 N–H and O–H groups in total. The average Bonchev–Trinajstić information content (AvgIpc) is 2.39. The monoisotopic (exact) mass is 249 g/mol. The Morgan fingerprint density at radius 2 is 2.11 bits per heavy atom. The van der Waals surface area contributed by atoms with E-state index in [1.807, 2.05) is 38.1 Å². The van der Waals surface area contributed by atoms with Crippen LogP contribution < -0.4 is 11.1 Å². The van der Waals surface area contributed by atoms with E-state index in [0.29, 0.717) is 6.42 Å². The highest BCUT2D eigenvalue weighted by Gasteiger charge is 2.36. The number of rotatable bonds is 4. The molecule has 5 nitrogen and oxygen atoms in total. The largest absolute Gasteiger partial charge is 0.409 e. The molecular weight excluding hydrogens is 230 g/mol. The molecule has 1 rings (SSSR count). The van der Waals surface area contributed by atoms with Crippen molar-refractivity contribution in [2.75, 3.05) is 5.32 Å². The van der Waals surface area contributed by atoms with Crippen molar-refractivity contribution < 1.29 is 10.0 Å². The zero-order chi connectivity index (χ0) is 13.8. The molecule has 5 heteroatoms. The fourth-order valence-corrected chi connectivity index (χ4v) is 1.54. The van der Waals surface area contributed by atoms with E-state index in [1.165, 1.54) is 0 Å². The maximum atomic E-state index is 12.2. The molecule has 0 saturated heterocycles. The van der Waals surface area contributed by atoms with Gasteiger partial charge in [-0.25, -0.2) is 0 Å². The van der Waals surface area contributed by atoms with Gasteiger partial charge in [-0.3, -0.25) is 4.79 Å². The number of benzene rings is 1. The Bertz CT molecular complexity index is 471. The van der Waals surface area contributed by atoms with E-state index >= 15 is 0 Å². The molecule has 0 radical (unpaired) electrons. The van der Waals surface area contributed by atoms with Gasteiger partial charge in [0, 0.05) is 5.69 Å². The number of hydrogen-bond donors (Lipinski definition) is 3. The molecule has 1 amide bonds. The molecule has 1 atom stereocenters. The third-order valence-corrected chi connectivity index (χ3v) is 3.27. The molecule has 0 spiro atoms. The first-order valence-electron chi connectivity index (χ1n) is 5.80. The summed E-state index contributed by atoms with van der Waals surface area (Å²) in [7, 11) is 0. The second kappa shape index (κ2) is 5.53. The van der Waals surface area contributed by atoms with Gasteiger partial charge in [0.25, 0.3) is 0 Å². The minimum Gasteiger partial charge on any atom is -0.409 e. The van der Waals surface area contributed by atoms with Gasteiger partial charge in [0.1, 0.15) is 5.41 Å². The smallest absolute Gasteiger partial charge is 0.238 e. The van der Waals surface area contributed by atoms with Crippen molar-refractivity contribution in [2.45, 2.75) is 27.2 Å². The van der Waals surface area contributed by atoms with Crippen LogP contribution in [0.25, 0.3) is 0 Å². The fraction of sp³-hybridized carbons (Fsp3) is 0.385. The molecule has 0 aliphatic rings. The highest BCUT2D eigenvalue weighted by atomic mass is 16.4. The summed E-state index contributed by atoms with van der Waals surface area (Å²) in [4.78, 5) is 12.2. The summed E-state index contributed by atoms with van der Waals surface area (Å²) >= 11 is 0. The van der Waals surface area contributed by atoms with Crippen molar-refractivity contribution in [1.82, 2.24) is 0 Å². The number of nitrogens with one attached hydrogen (secondary N) is 1. The number of amides is 1. The summed E-state index contributed by atoms with van der Waals surface area (Å²) in [6, 6.07) is 7.46. The third kappa shape index (κ3) is 2.61. The summed E-state index contributed by atoms with van der Waals surface area (Å²) in [5.41, 5.74) is 6.27. The Morgan fingerprint density at radius 3 is 2.61 bits per heavy atom. The average molecular weight is 249 g/mol. The number of hydrogen-bond acceptors (Lipinski definition) is 3. The molecule has 18 heavy (non-hydrogen) atoms. The highest BCUT2D eigenvalue weighted by Crippen LogP contribution is 2.24. The van der Waals surface area contributed by atoms with Gasteiger partial charge in [-0.1, -0.05) is 30.3 Å². The van der Waals surface area contributed by atoms with Gasteiger partial charge in [0.15, 0.2) is 5.84 Å². The first-order valence-corrected chi connectivity index (χ1v) is 5.80. The van der Waals surface area contributed by atoms with Crippen LogP contribution in [0.2, 0.25) is 0 Å². The van der Waals surface area contributed by atoms with E-state index in [-0.39, 0.29) is 11.7 Å². The Kier molecular flexibility index (Phi) is 4.31.